The van der Waals surface area contributed by atoms with Crippen LogP contribution in [0.25, 0.3) is 0 Å². The lowest BCUT2D eigenvalue weighted by Crippen LogP contribution is -2.38. The molecule has 1 heterocycles. The fourth-order valence-corrected chi connectivity index (χ4v) is 2.85. The number of nitrogens with zero attached hydrogens (tertiary/aromatic N) is 3. The number of aryl methyl sites for hydroxylation is 3. The maximum Gasteiger partial charge on any atom is 0.191 e. The molecule has 0 saturated heterocycles. The van der Waals surface area contributed by atoms with E-state index in [0.717, 1.165) is 37.7 Å². The number of guanidine groups is 1. The highest BCUT2D eigenvalue weighted by molar-refractivity contribution is 5.79. The molecule has 0 atom stereocenters. The monoisotopic (exact) mass is 385 g/mol. The van der Waals surface area contributed by atoms with E-state index in [9.17, 15) is 0 Å². The van der Waals surface area contributed by atoms with Crippen molar-refractivity contribution in [2.24, 2.45) is 4.99 Å². The fraction of sp³-hybridized carbons (Fsp3) is 0.545. The Labute approximate surface area is 169 Å². The molecule has 6 nitrogen and oxygen atoms in total. The summed E-state index contributed by atoms with van der Waals surface area (Å²) >= 11 is 0. The maximum atomic E-state index is 5.64. The highest BCUT2D eigenvalue weighted by Gasteiger charge is 2.02. The van der Waals surface area contributed by atoms with Gasteiger partial charge in [-0.1, -0.05) is 24.3 Å². The molecule has 2 rings (SSSR count). The highest BCUT2D eigenvalue weighted by atomic mass is 16.5. The van der Waals surface area contributed by atoms with E-state index < -0.39 is 0 Å². The second-order valence-corrected chi connectivity index (χ2v) is 7.30. The van der Waals surface area contributed by atoms with Crippen LogP contribution in [0.3, 0.4) is 0 Å². The van der Waals surface area contributed by atoms with Crippen LogP contribution >= 0.6 is 0 Å². The molecule has 0 saturated carbocycles. The van der Waals surface area contributed by atoms with Crippen molar-refractivity contribution in [3.8, 4) is 0 Å². The molecule has 28 heavy (non-hydrogen) atoms. The number of rotatable bonds is 10. The topological polar surface area (TPSA) is 63.5 Å². The first-order valence-corrected chi connectivity index (χ1v) is 10.2. The normalized spacial score (nSPS) is 11.9. The van der Waals surface area contributed by atoms with Crippen LogP contribution in [0.4, 0.5) is 0 Å². The largest absolute Gasteiger partial charge is 0.374 e. The molecule has 1 aromatic heterocycles. The number of aliphatic imine (C=N–C) groups is 1. The van der Waals surface area contributed by atoms with Gasteiger partial charge in [0.05, 0.1) is 24.9 Å². The molecule has 0 bridgehead atoms. The number of nitrogens with one attached hydrogen (secondary N) is 2. The van der Waals surface area contributed by atoms with Crippen molar-refractivity contribution < 1.29 is 4.74 Å². The molecule has 0 aliphatic heterocycles. The van der Waals surface area contributed by atoms with E-state index in [0.29, 0.717) is 13.2 Å². The van der Waals surface area contributed by atoms with E-state index in [1.54, 1.807) is 0 Å². The number of hydrogen-bond acceptors (Lipinski definition) is 3. The summed E-state index contributed by atoms with van der Waals surface area (Å²) in [7, 11) is 0. The molecule has 0 unspecified atom stereocenters. The Kier molecular flexibility index (Phi) is 9.01. The first-order chi connectivity index (χ1) is 13.5. The van der Waals surface area contributed by atoms with E-state index >= 15 is 0 Å². The average Bonchev–Trinajstić information content (AvgIpc) is 2.99. The molecule has 0 fully saturated rings. The average molecular weight is 386 g/mol. The summed E-state index contributed by atoms with van der Waals surface area (Å²) in [4.78, 5) is 4.69. The van der Waals surface area contributed by atoms with Gasteiger partial charge in [-0.05, 0) is 58.2 Å². The number of benzene rings is 1. The smallest absolute Gasteiger partial charge is 0.191 e. The second-order valence-electron chi connectivity index (χ2n) is 7.30. The maximum absolute atomic E-state index is 5.64. The Morgan fingerprint density at radius 3 is 2.46 bits per heavy atom. The summed E-state index contributed by atoms with van der Waals surface area (Å²) < 4.78 is 7.70. The molecule has 0 spiro atoms. The first-order valence-electron chi connectivity index (χ1n) is 10.2. The summed E-state index contributed by atoms with van der Waals surface area (Å²) in [6.45, 7) is 14.2. The predicted molar refractivity (Wildman–Crippen MR) is 116 cm³/mol. The van der Waals surface area contributed by atoms with E-state index in [-0.39, 0.29) is 6.10 Å². The lowest BCUT2D eigenvalue weighted by atomic mass is 10.1. The lowest BCUT2D eigenvalue weighted by molar-refractivity contribution is 0.0657. The summed E-state index contributed by atoms with van der Waals surface area (Å²) in [5.74, 6) is 0.850. The van der Waals surface area contributed by atoms with Crippen molar-refractivity contribution in [3.05, 3.63) is 52.8 Å². The van der Waals surface area contributed by atoms with Gasteiger partial charge < -0.3 is 15.4 Å². The second kappa shape index (κ2) is 11.5. The zero-order chi connectivity index (χ0) is 20.4. The van der Waals surface area contributed by atoms with Gasteiger partial charge >= 0.3 is 0 Å². The van der Waals surface area contributed by atoms with Crippen molar-refractivity contribution in [1.82, 2.24) is 20.4 Å². The van der Waals surface area contributed by atoms with Gasteiger partial charge in [-0.15, -0.1) is 0 Å². The third kappa shape index (κ3) is 7.72. The summed E-state index contributed by atoms with van der Waals surface area (Å²) in [5.41, 5.74) is 4.66. The van der Waals surface area contributed by atoms with Crippen molar-refractivity contribution in [2.45, 2.75) is 66.8 Å². The molecule has 6 heteroatoms. The highest BCUT2D eigenvalue weighted by Crippen LogP contribution is 2.08. The zero-order valence-electron chi connectivity index (χ0n) is 18.0. The Bertz CT molecular complexity index is 734. The minimum Gasteiger partial charge on any atom is -0.374 e. The van der Waals surface area contributed by atoms with Crippen molar-refractivity contribution >= 4 is 5.96 Å². The third-order valence-corrected chi connectivity index (χ3v) is 4.31. The molecule has 0 amide bonds. The van der Waals surface area contributed by atoms with Gasteiger partial charge in [-0.2, -0.15) is 5.10 Å². The minimum absolute atomic E-state index is 0.249. The molecule has 0 aliphatic rings. The summed E-state index contributed by atoms with van der Waals surface area (Å²) in [6.07, 6.45) is 1.25. The van der Waals surface area contributed by atoms with E-state index in [1.807, 2.05) is 6.92 Å². The van der Waals surface area contributed by atoms with Crippen LogP contribution in [0.15, 0.2) is 35.3 Å². The third-order valence-electron chi connectivity index (χ3n) is 4.31. The number of aromatic nitrogens is 2. The molecular formula is C22H35N5O. The zero-order valence-corrected chi connectivity index (χ0v) is 18.0. The Morgan fingerprint density at radius 2 is 1.86 bits per heavy atom. The van der Waals surface area contributed by atoms with Gasteiger partial charge in [0, 0.05) is 25.3 Å². The number of ether oxygens (including phenoxy) is 1. The summed E-state index contributed by atoms with van der Waals surface area (Å²) in [5, 5.41) is 11.2. The van der Waals surface area contributed by atoms with Gasteiger partial charge in [0.1, 0.15) is 0 Å². The van der Waals surface area contributed by atoms with Gasteiger partial charge in [0.25, 0.3) is 0 Å². The van der Waals surface area contributed by atoms with E-state index in [4.69, 9.17) is 9.73 Å². The van der Waals surface area contributed by atoms with Gasteiger partial charge in [-0.25, -0.2) is 4.99 Å². The SMILES string of the molecule is CCNC(=NCc1ccc(COC(C)C)cc1)NCCCn1nc(C)cc1C. The van der Waals surface area contributed by atoms with Crippen LogP contribution in [-0.4, -0.2) is 34.9 Å². The number of hydrogen-bond donors (Lipinski definition) is 2. The van der Waals surface area contributed by atoms with Crippen LogP contribution in [0.1, 0.15) is 49.7 Å². The molecule has 2 aromatic rings. The van der Waals surface area contributed by atoms with Crippen LogP contribution in [0.2, 0.25) is 0 Å². The molecule has 0 aliphatic carbocycles. The Morgan fingerprint density at radius 1 is 1.14 bits per heavy atom. The fourth-order valence-electron chi connectivity index (χ4n) is 2.85. The summed E-state index contributed by atoms with van der Waals surface area (Å²) in [6, 6.07) is 10.6. The quantitative estimate of drug-likeness (QED) is 0.373. The Hall–Kier alpha value is -2.34. The molecule has 2 N–H and O–H groups in total. The van der Waals surface area contributed by atoms with Crippen molar-refractivity contribution in [1.29, 1.82) is 0 Å². The molecule has 0 radical (unpaired) electrons. The van der Waals surface area contributed by atoms with Crippen LogP contribution in [-0.2, 0) is 24.4 Å². The van der Waals surface area contributed by atoms with Gasteiger partial charge in [0.15, 0.2) is 5.96 Å². The van der Waals surface area contributed by atoms with Gasteiger partial charge in [-0.3, -0.25) is 4.68 Å². The van der Waals surface area contributed by atoms with Crippen LogP contribution in [0.5, 0.6) is 0 Å². The van der Waals surface area contributed by atoms with Crippen molar-refractivity contribution in [3.63, 3.8) is 0 Å². The van der Waals surface area contributed by atoms with E-state index in [2.05, 4.69) is 78.4 Å². The minimum atomic E-state index is 0.249. The molecule has 1 aromatic carbocycles. The van der Waals surface area contributed by atoms with Crippen LogP contribution in [0, 0.1) is 13.8 Å². The molecule has 154 valence electrons. The first kappa shape index (κ1) is 22.0. The standard InChI is InChI=1S/C22H35N5O/c1-6-23-22(24-12-7-13-27-19(5)14-18(4)26-27)25-15-20-8-10-21(11-9-20)16-28-17(2)3/h8-11,14,17H,6-7,12-13,15-16H2,1-5H3,(H2,23,24,25). The van der Waals surface area contributed by atoms with Crippen LogP contribution < -0.4 is 10.6 Å². The van der Waals surface area contributed by atoms with E-state index in [1.165, 1.54) is 16.8 Å². The van der Waals surface area contributed by atoms with Crippen molar-refractivity contribution in [2.75, 3.05) is 13.1 Å². The lowest BCUT2D eigenvalue weighted by Gasteiger charge is -2.12. The molecular weight excluding hydrogens is 350 g/mol. The predicted octanol–water partition coefficient (Wildman–Crippen LogP) is 3.57. The van der Waals surface area contributed by atoms with Gasteiger partial charge in [0.2, 0.25) is 0 Å². The Balaban J connectivity index is 1.80.